The van der Waals surface area contributed by atoms with E-state index in [0.717, 1.165) is 64.7 Å². The Bertz CT molecular complexity index is 2480. The summed E-state index contributed by atoms with van der Waals surface area (Å²) in [5, 5.41) is 42.3. The maximum absolute atomic E-state index is 14.9. The number of benzene rings is 2. The van der Waals surface area contributed by atoms with Crippen molar-refractivity contribution >= 4 is 69.2 Å². The van der Waals surface area contributed by atoms with E-state index >= 15 is 0 Å². The van der Waals surface area contributed by atoms with Gasteiger partial charge in [-0.05, 0) is 69.2 Å². The van der Waals surface area contributed by atoms with Gasteiger partial charge in [0.05, 0.1) is 18.1 Å². The van der Waals surface area contributed by atoms with Crippen molar-refractivity contribution in [2.24, 2.45) is 22.9 Å². The molecule has 0 saturated carbocycles. The van der Waals surface area contributed by atoms with Crippen molar-refractivity contribution in [3.8, 4) is 0 Å². The Morgan fingerprint density at radius 2 is 1.02 bits per heavy atom. The van der Waals surface area contributed by atoms with E-state index in [4.69, 9.17) is 52.6 Å². The summed E-state index contributed by atoms with van der Waals surface area (Å²) in [6, 6.07) is 9.97. The van der Waals surface area contributed by atoms with Gasteiger partial charge in [0, 0.05) is 71.1 Å². The third-order valence-corrected chi connectivity index (χ3v) is 12.6. The number of amides is 6. The van der Waals surface area contributed by atoms with Gasteiger partial charge in [-0.3, -0.25) is 47.9 Å². The highest BCUT2D eigenvalue weighted by atomic mass is 32.2. The van der Waals surface area contributed by atoms with Crippen LogP contribution in [0.3, 0.4) is 0 Å². The van der Waals surface area contributed by atoms with E-state index in [-0.39, 0.29) is 38.6 Å². The SMILES string of the molecule is CC(=O)O.CC(=O)O.CC(=O)O.CS(=O)(=O)CCC(N)C(=O)N[C@@H](CCC(=O)O)C(=O)N[C@@H](Cc1cnc[nH]1)C(=O)N[C@@H](Cc1ccccc1)C(=O)N[C@H](CCCCN)C(=O)N(CCCCCCCCN)[C@@H](Cc1ccccc1)C(N)=O. The lowest BCUT2D eigenvalue weighted by Gasteiger charge is -2.34. The van der Waals surface area contributed by atoms with Crippen LogP contribution < -0.4 is 44.2 Å². The maximum atomic E-state index is 14.9. The van der Waals surface area contributed by atoms with Crippen molar-refractivity contribution in [3.63, 3.8) is 0 Å². The maximum Gasteiger partial charge on any atom is 0.303 e. The summed E-state index contributed by atoms with van der Waals surface area (Å²) < 4.78 is 23.4. The van der Waals surface area contributed by atoms with E-state index in [1.807, 2.05) is 30.3 Å². The number of carbonyl (C=O) groups excluding carboxylic acids is 6. The van der Waals surface area contributed by atoms with Crippen molar-refractivity contribution in [1.82, 2.24) is 36.1 Å². The van der Waals surface area contributed by atoms with Crippen molar-refractivity contribution in [1.29, 1.82) is 0 Å². The number of carbonyl (C=O) groups is 10. The molecule has 0 aliphatic carbocycles. The first-order valence-corrected chi connectivity index (χ1v) is 28.7. The van der Waals surface area contributed by atoms with Crippen molar-refractivity contribution in [2.45, 2.75) is 153 Å². The second-order valence-corrected chi connectivity index (χ2v) is 21.3. The van der Waals surface area contributed by atoms with E-state index in [1.54, 1.807) is 30.3 Å². The number of aromatic amines is 1. The quantitative estimate of drug-likeness (QED) is 0.0354. The second-order valence-electron chi connectivity index (χ2n) is 19.1. The van der Waals surface area contributed by atoms with Crippen molar-refractivity contribution in [3.05, 3.63) is 90.0 Å². The monoisotopic (exact) mass is 1180 g/mol. The second kappa shape index (κ2) is 42.1. The summed E-state index contributed by atoms with van der Waals surface area (Å²) in [6.07, 6.45) is 8.46. The molecule has 0 fully saturated rings. The summed E-state index contributed by atoms with van der Waals surface area (Å²) >= 11 is 0. The third kappa shape index (κ3) is 36.4. The average molecular weight is 1180 g/mol. The Hall–Kier alpha value is -7.82. The third-order valence-electron chi connectivity index (χ3n) is 11.6. The molecule has 0 aliphatic heterocycles. The minimum absolute atomic E-state index is 0.0682. The molecule has 0 radical (unpaired) electrons. The Morgan fingerprint density at radius 1 is 0.585 bits per heavy atom. The predicted octanol–water partition coefficient (Wildman–Crippen LogP) is 0.387. The first-order valence-electron chi connectivity index (χ1n) is 26.6. The Balaban J connectivity index is 0.00000495. The van der Waals surface area contributed by atoms with Crippen LogP contribution in [-0.4, -0.2) is 171 Å². The van der Waals surface area contributed by atoms with Crippen LogP contribution in [0.4, 0.5) is 0 Å². The van der Waals surface area contributed by atoms with Gasteiger partial charge >= 0.3 is 5.97 Å². The smallest absolute Gasteiger partial charge is 0.303 e. The van der Waals surface area contributed by atoms with Gasteiger partial charge in [-0.25, -0.2) is 13.4 Å². The molecular formula is C54H85N11O16S. The molecule has 0 spiro atoms. The first kappa shape index (κ1) is 74.2. The minimum atomic E-state index is -3.49. The van der Waals surface area contributed by atoms with Crippen LogP contribution in [0.25, 0.3) is 0 Å². The topological polar surface area (TPSA) is 470 Å². The van der Waals surface area contributed by atoms with Crippen LogP contribution in [0.2, 0.25) is 0 Å². The number of hydrogen-bond donors (Lipinski definition) is 13. The number of nitrogens with one attached hydrogen (secondary N) is 5. The molecule has 17 N–H and O–H groups in total. The van der Waals surface area contributed by atoms with Crippen LogP contribution in [0.1, 0.15) is 115 Å². The fourth-order valence-electron chi connectivity index (χ4n) is 7.69. The van der Waals surface area contributed by atoms with Gasteiger partial charge in [-0.15, -0.1) is 0 Å². The molecule has 0 saturated heterocycles. The number of aliphatic carboxylic acids is 4. The fourth-order valence-corrected chi connectivity index (χ4v) is 8.38. The number of rotatable bonds is 35. The van der Waals surface area contributed by atoms with Crippen LogP contribution in [0, 0.1) is 0 Å². The van der Waals surface area contributed by atoms with Crippen LogP contribution in [0.15, 0.2) is 73.2 Å². The first-order chi connectivity index (χ1) is 38.6. The number of nitrogens with zero attached hydrogens (tertiary/aromatic N) is 2. The lowest BCUT2D eigenvalue weighted by molar-refractivity contribution is -0.143. The largest absolute Gasteiger partial charge is 0.481 e. The summed E-state index contributed by atoms with van der Waals surface area (Å²) in [5.74, 6) is -8.94. The van der Waals surface area contributed by atoms with Gasteiger partial charge in [0.1, 0.15) is 40.0 Å². The number of imidazole rings is 1. The van der Waals surface area contributed by atoms with Crippen LogP contribution >= 0.6 is 0 Å². The van der Waals surface area contributed by atoms with E-state index in [1.165, 1.54) is 17.4 Å². The molecule has 82 heavy (non-hydrogen) atoms. The number of primary amides is 1. The van der Waals surface area contributed by atoms with E-state index in [9.17, 15) is 47.1 Å². The fraction of sp³-hybridized carbons (Fsp3) is 0.537. The number of hydrogen-bond acceptors (Lipinski definition) is 16. The van der Waals surface area contributed by atoms with E-state index in [0.29, 0.717) is 43.6 Å². The van der Waals surface area contributed by atoms with Gasteiger partial charge in [-0.1, -0.05) is 86.3 Å². The molecule has 28 heteroatoms. The molecule has 1 unspecified atom stereocenters. The van der Waals surface area contributed by atoms with Gasteiger partial charge in [0.2, 0.25) is 35.4 Å². The highest BCUT2D eigenvalue weighted by Crippen LogP contribution is 2.17. The molecule has 3 aromatic rings. The lowest BCUT2D eigenvalue weighted by Crippen LogP contribution is -2.60. The normalized spacial score (nSPS) is 12.8. The molecular weight excluding hydrogens is 1090 g/mol. The standard InChI is InChI=1S/C48H73N11O10S.3C2H4O2/c1-70(68,69)27-23-36(51)44(63)55-37(21-22-42(60)61)45(64)58-40(30-35-31-53-32-54-35)47(66)57-39(28-33-16-8-6-9-17-33)46(65)56-38(20-12-14-25-50)48(67)59(26-15-5-3-2-4-13-24-49)41(43(52)62)29-34-18-10-7-11-19-34;3*1-2(3)4/h6-11,16-19,31-32,36-41H,2-5,12-15,20-30,49-51H2,1H3,(H2,52,62)(H,53,54)(H,55,63)(H,56,65)(H,57,66)(H,58,64)(H,60,61);3*1H3,(H,3,4)/t36?,37-,38+,39-,40-,41-;;;/m0.../s1. The zero-order valence-corrected chi connectivity index (χ0v) is 47.9. The van der Waals surface area contributed by atoms with Gasteiger partial charge in [-0.2, -0.15) is 0 Å². The molecule has 458 valence electrons. The van der Waals surface area contributed by atoms with Gasteiger partial charge < -0.3 is 74.5 Å². The molecule has 27 nitrogen and oxygen atoms in total. The molecule has 2 aromatic carbocycles. The highest BCUT2D eigenvalue weighted by molar-refractivity contribution is 7.90. The molecule has 6 amide bonds. The number of nitrogens with two attached hydrogens (primary N) is 4. The lowest BCUT2D eigenvalue weighted by atomic mass is 9.99. The Morgan fingerprint density at radius 3 is 1.49 bits per heavy atom. The zero-order valence-electron chi connectivity index (χ0n) is 47.1. The molecule has 6 atom stereocenters. The summed E-state index contributed by atoms with van der Waals surface area (Å²) in [5.41, 5.74) is 25.3. The van der Waals surface area contributed by atoms with Crippen molar-refractivity contribution in [2.75, 3.05) is 31.6 Å². The minimum Gasteiger partial charge on any atom is -0.481 e. The number of sulfone groups is 1. The van der Waals surface area contributed by atoms with E-state index in [2.05, 4.69) is 31.2 Å². The Kier molecular flexibility index (Phi) is 38.1. The van der Waals surface area contributed by atoms with E-state index < -0.39 is 124 Å². The number of H-pyrrole nitrogens is 1. The summed E-state index contributed by atoms with van der Waals surface area (Å²) in [6.45, 7) is 4.34. The number of carboxylic acids is 4. The Labute approximate surface area is 478 Å². The predicted molar refractivity (Wildman–Crippen MR) is 304 cm³/mol. The molecule has 0 aliphatic rings. The number of aromatic nitrogens is 2. The number of carboxylic acid groups (broad SMARTS) is 4. The van der Waals surface area contributed by atoms with Gasteiger partial charge in [0.15, 0.2) is 0 Å². The molecule has 0 bridgehead atoms. The summed E-state index contributed by atoms with van der Waals surface area (Å²) in [4.78, 5) is 131. The highest BCUT2D eigenvalue weighted by Gasteiger charge is 2.36. The van der Waals surface area contributed by atoms with Crippen LogP contribution in [0.5, 0.6) is 0 Å². The molecule has 1 aromatic heterocycles. The average Bonchev–Trinajstić information content (AvgIpc) is 3.93. The number of unbranched alkanes of at least 4 members (excludes halogenated alkanes) is 6. The molecule has 1 heterocycles. The zero-order chi connectivity index (χ0) is 62.2. The van der Waals surface area contributed by atoms with Gasteiger partial charge in [0.25, 0.3) is 17.9 Å². The van der Waals surface area contributed by atoms with Crippen molar-refractivity contribution < 1.29 is 76.8 Å². The summed E-state index contributed by atoms with van der Waals surface area (Å²) in [7, 11) is -3.49. The molecule has 3 rings (SSSR count). The van der Waals surface area contributed by atoms with Crippen LogP contribution in [-0.2, 0) is 77.0 Å².